The van der Waals surface area contributed by atoms with Gasteiger partial charge in [0.1, 0.15) is 0 Å². The second-order valence-corrected chi connectivity index (χ2v) is 9.41. The van der Waals surface area contributed by atoms with Gasteiger partial charge >= 0.3 is 0 Å². The minimum absolute atomic E-state index is 0.129. The van der Waals surface area contributed by atoms with Gasteiger partial charge in [-0.1, -0.05) is 37.8 Å². The van der Waals surface area contributed by atoms with Crippen molar-refractivity contribution in [3.63, 3.8) is 0 Å². The van der Waals surface area contributed by atoms with Crippen molar-refractivity contribution in [3.05, 3.63) is 35.9 Å². The summed E-state index contributed by atoms with van der Waals surface area (Å²) in [5.41, 5.74) is 0.775. The van der Waals surface area contributed by atoms with E-state index in [2.05, 4.69) is 19.6 Å². The Bertz CT molecular complexity index is 316. The molecule has 0 spiro atoms. The zero-order valence-electron chi connectivity index (χ0n) is 9.24. The molecule has 0 aliphatic carbocycles. The molecule has 0 aliphatic rings. The normalized spacial score (nSPS) is 11.1. The molecule has 0 N–H and O–H groups in total. The Morgan fingerprint density at radius 2 is 1.64 bits per heavy atom. The van der Waals surface area contributed by atoms with Crippen LogP contribution >= 0.6 is 0 Å². The number of hydrogen-bond donors (Lipinski definition) is 0. The summed E-state index contributed by atoms with van der Waals surface area (Å²) < 4.78 is 1.89. The lowest BCUT2D eigenvalue weighted by Gasteiger charge is -2.30. The molecule has 1 aromatic carbocycles. The van der Waals surface area contributed by atoms with Crippen LogP contribution in [0.3, 0.4) is 0 Å². The summed E-state index contributed by atoms with van der Waals surface area (Å²) in [6.45, 7) is 6.48. The molecule has 0 bridgehead atoms. The molecule has 0 unspecified atom stereocenters. The molecular formula is C11H17NOSi. The van der Waals surface area contributed by atoms with Crippen LogP contribution < -0.4 is 0 Å². The fourth-order valence-electron chi connectivity index (χ4n) is 1.08. The first kappa shape index (κ1) is 11.0. The predicted octanol–water partition coefficient (Wildman–Crippen LogP) is 2.59. The van der Waals surface area contributed by atoms with Gasteiger partial charge in [0.15, 0.2) is 8.24 Å². The fraction of sp³-hybridized carbons (Fsp3) is 0.364. The van der Waals surface area contributed by atoms with Crippen molar-refractivity contribution < 1.29 is 4.79 Å². The Morgan fingerprint density at radius 1 is 1.14 bits per heavy atom. The van der Waals surface area contributed by atoms with E-state index >= 15 is 0 Å². The van der Waals surface area contributed by atoms with Gasteiger partial charge in [0, 0.05) is 12.6 Å². The van der Waals surface area contributed by atoms with Crippen LogP contribution in [0.1, 0.15) is 10.4 Å². The van der Waals surface area contributed by atoms with Gasteiger partial charge < -0.3 is 4.57 Å². The molecule has 0 radical (unpaired) electrons. The van der Waals surface area contributed by atoms with E-state index in [4.69, 9.17) is 0 Å². The number of hydrogen-bond acceptors (Lipinski definition) is 1. The molecule has 0 aliphatic heterocycles. The van der Waals surface area contributed by atoms with E-state index in [1.54, 1.807) is 0 Å². The predicted molar refractivity (Wildman–Crippen MR) is 61.9 cm³/mol. The molecule has 0 atom stereocenters. The van der Waals surface area contributed by atoms with E-state index in [1.165, 1.54) is 0 Å². The molecule has 1 amide bonds. The molecular weight excluding hydrogens is 190 g/mol. The molecule has 2 nitrogen and oxygen atoms in total. The van der Waals surface area contributed by atoms with E-state index in [0.29, 0.717) is 0 Å². The van der Waals surface area contributed by atoms with Crippen LogP contribution in [0.25, 0.3) is 0 Å². The zero-order chi connectivity index (χ0) is 10.8. The molecule has 14 heavy (non-hydrogen) atoms. The lowest BCUT2D eigenvalue weighted by Crippen LogP contribution is -2.46. The maximum Gasteiger partial charge on any atom is 0.245 e. The third kappa shape index (κ3) is 2.45. The van der Waals surface area contributed by atoms with Gasteiger partial charge in [-0.15, -0.1) is 0 Å². The quantitative estimate of drug-likeness (QED) is 0.683. The van der Waals surface area contributed by atoms with Crippen LogP contribution in [0.15, 0.2) is 30.3 Å². The smallest absolute Gasteiger partial charge is 0.245 e. The number of carbonyl (C=O) groups excluding carboxylic acids is 1. The van der Waals surface area contributed by atoms with E-state index in [9.17, 15) is 4.79 Å². The first-order valence-electron chi connectivity index (χ1n) is 4.76. The van der Waals surface area contributed by atoms with Crippen LogP contribution in [-0.4, -0.2) is 25.8 Å². The van der Waals surface area contributed by atoms with Crippen molar-refractivity contribution >= 4 is 14.1 Å². The van der Waals surface area contributed by atoms with E-state index in [1.807, 2.05) is 41.9 Å². The van der Waals surface area contributed by atoms with Gasteiger partial charge in [0.05, 0.1) is 0 Å². The number of carbonyl (C=O) groups is 1. The lowest BCUT2D eigenvalue weighted by atomic mass is 10.2. The second-order valence-electron chi connectivity index (χ2n) is 4.40. The van der Waals surface area contributed by atoms with Gasteiger partial charge in [-0.3, -0.25) is 4.79 Å². The Hall–Kier alpha value is -1.09. The summed E-state index contributed by atoms with van der Waals surface area (Å²) in [5, 5.41) is 0. The monoisotopic (exact) mass is 207 g/mol. The first-order valence-corrected chi connectivity index (χ1v) is 8.21. The molecule has 3 heteroatoms. The number of rotatable bonds is 2. The largest absolute Gasteiger partial charge is 0.369 e. The van der Waals surface area contributed by atoms with Crippen LogP contribution in [0, 0.1) is 0 Å². The Morgan fingerprint density at radius 3 is 2.07 bits per heavy atom. The zero-order valence-corrected chi connectivity index (χ0v) is 10.2. The number of nitrogens with zero attached hydrogens (tertiary/aromatic N) is 1. The average molecular weight is 207 g/mol. The van der Waals surface area contributed by atoms with Crippen molar-refractivity contribution in [3.8, 4) is 0 Å². The molecule has 0 fully saturated rings. The highest BCUT2D eigenvalue weighted by Gasteiger charge is 2.25. The number of amides is 1. The van der Waals surface area contributed by atoms with Crippen LogP contribution in [0.2, 0.25) is 19.6 Å². The topological polar surface area (TPSA) is 20.3 Å². The Kier molecular flexibility index (Phi) is 3.11. The number of benzene rings is 1. The third-order valence-electron chi connectivity index (χ3n) is 2.33. The van der Waals surface area contributed by atoms with Crippen LogP contribution in [0.4, 0.5) is 0 Å². The molecule has 0 saturated carbocycles. The van der Waals surface area contributed by atoms with Gasteiger partial charge in [-0.05, 0) is 12.1 Å². The summed E-state index contributed by atoms with van der Waals surface area (Å²) in [7, 11) is 0.368. The maximum absolute atomic E-state index is 12.0. The van der Waals surface area contributed by atoms with Gasteiger partial charge in [-0.25, -0.2) is 0 Å². The van der Waals surface area contributed by atoms with E-state index in [-0.39, 0.29) is 5.91 Å². The Balaban J connectivity index is 2.87. The summed E-state index contributed by atoms with van der Waals surface area (Å²) in [4.78, 5) is 12.0. The summed E-state index contributed by atoms with van der Waals surface area (Å²) in [5.74, 6) is 0.129. The SMILES string of the molecule is CN(C(=O)c1ccccc1)[Si](C)(C)C. The fourth-order valence-corrected chi connectivity index (χ4v) is 1.82. The van der Waals surface area contributed by atoms with Crippen LogP contribution in [-0.2, 0) is 0 Å². The summed E-state index contributed by atoms with van der Waals surface area (Å²) in [6.07, 6.45) is 0. The highest BCUT2D eigenvalue weighted by Crippen LogP contribution is 2.11. The summed E-state index contributed by atoms with van der Waals surface area (Å²) >= 11 is 0. The third-order valence-corrected chi connectivity index (χ3v) is 4.55. The standard InChI is InChI=1S/C11H17NOSi/c1-12(14(2,3)4)11(13)10-8-6-5-7-9-10/h5-9H,1-4H3. The molecule has 0 heterocycles. The molecule has 0 saturated heterocycles. The van der Waals surface area contributed by atoms with Crippen molar-refractivity contribution in [1.29, 1.82) is 0 Å². The van der Waals surface area contributed by atoms with Gasteiger partial charge in [-0.2, -0.15) is 0 Å². The molecule has 0 aromatic heterocycles. The van der Waals surface area contributed by atoms with Crippen molar-refractivity contribution in [2.24, 2.45) is 0 Å². The molecule has 1 rings (SSSR count). The molecule has 76 valence electrons. The van der Waals surface area contributed by atoms with Crippen LogP contribution in [0.5, 0.6) is 0 Å². The lowest BCUT2D eigenvalue weighted by molar-refractivity contribution is 0.0874. The van der Waals surface area contributed by atoms with Crippen molar-refractivity contribution in [1.82, 2.24) is 4.57 Å². The Labute approximate surface area is 86.6 Å². The van der Waals surface area contributed by atoms with E-state index < -0.39 is 8.24 Å². The first-order chi connectivity index (χ1) is 6.43. The summed E-state index contributed by atoms with van der Waals surface area (Å²) in [6, 6.07) is 9.43. The van der Waals surface area contributed by atoms with E-state index in [0.717, 1.165) is 5.56 Å². The highest BCUT2D eigenvalue weighted by molar-refractivity contribution is 6.75. The minimum Gasteiger partial charge on any atom is -0.369 e. The minimum atomic E-state index is -1.52. The molecule has 1 aromatic rings. The highest BCUT2D eigenvalue weighted by atomic mass is 28.3. The van der Waals surface area contributed by atoms with Gasteiger partial charge in [0.25, 0.3) is 0 Å². The average Bonchev–Trinajstić information content (AvgIpc) is 2.15. The second kappa shape index (κ2) is 3.96. The van der Waals surface area contributed by atoms with Crippen molar-refractivity contribution in [2.75, 3.05) is 7.05 Å². The van der Waals surface area contributed by atoms with Gasteiger partial charge in [0.2, 0.25) is 5.91 Å². The van der Waals surface area contributed by atoms with Crippen molar-refractivity contribution in [2.45, 2.75) is 19.6 Å². The maximum atomic E-state index is 12.0.